The maximum absolute atomic E-state index is 13.7. The summed E-state index contributed by atoms with van der Waals surface area (Å²) >= 11 is 1.67. The molecule has 3 aromatic rings. The first-order valence-electron chi connectivity index (χ1n) is 10.7. The van der Waals surface area contributed by atoms with Gasteiger partial charge in [0.25, 0.3) is 0 Å². The lowest BCUT2D eigenvalue weighted by Crippen LogP contribution is -2.40. The first kappa shape index (κ1) is 19.6. The van der Waals surface area contributed by atoms with Crippen molar-refractivity contribution in [3.63, 3.8) is 0 Å². The third-order valence-corrected chi connectivity index (χ3v) is 7.55. The van der Waals surface area contributed by atoms with E-state index in [9.17, 15) is 10.1 Å². The number of benzene rings is 1. The van der Waals surface area contributed by atoms with Crippen molar-refractivity contribution in [3.8, 4) is 6.07 Å². The van der Waals surface area contributed by atoms with Crippen molar-refractivity contribution >= 4 is 28.6 Å². The fraction of sp³-hybridized carbons (Fsp3) is 0.154. The van der Waals surface area contributed by atoms with Gasteiger partial charge in [-0.05, 0) is 41.6 Å². The molecule has 6 rings (SSSR count). The summed E-state index contributed by atoms with van der Waals surface area (Å²) in [5, 5.41) is 12.3. The number of amidine groups is 1. The summed E-state index contributed by atoms with van der Waals surface area (Å²) in [6.07, 6.45) is 4.52. The molecule has 0 saturated heterocycles. The second-order valence-electron chi connectivity index (χ2n) is 8.32. The van der Waals surface area contributed by atoms with Crippen LogP contribution in [-0.4, -0.2) is 16.6 Å². The average Bonchev–Trinajstić information content (AvgIpc) is 3.39. The van der Waals surface area contributed by atoms with E-state index in [2.05, 4.69) is 17.1 Å². The summed E-state index contributed by atoms with van der Waals surface area (Å²) in [4.78, 5) is 25.9. The normalized spacial score (nSPS) is 21.7. The molecular weight excluding hydrogens is 430 g/mol. The standard InChI is InChI=1S/C26H19N5OS/c27-13-18-23(15-5-3-9-29-14-15)24-20(11-16(12-21(24)32)22-8-4-10-33-22)31-19-7-2-1-6-17(19)25(28)30-26(18)31/h1-10,14,16,23H,11-12H2,(H2,28,30)/t16-,23+/m0/s1. The molecule has 160 valence electrons. The number of pyridine rings is 1. The monoisotopic (exact) mass is 449 g/mol. The van der Waals surface area contributed by atoms with Crippen molar-refractivity contribution in [2.75, 3.05) is 4.90 Å². The molecule has 0 fully saturated rings. The van der Waals surface area contributed by atoms with Crippen LogP contribution >= 0.6 is 11.3 Å². The lowest BCUT2D eigenvalue weighted by Gasteiger charge is -2.43. The number of fused-ring (bicyclic) bond motifs is 4. The molecule has 2 aromatic heterocycles. The summed E-state index contributed by atoms with van der Waals surface area (Å²) in [7, 11) is 0. The Morgan fingerprint density at radius 3 is 2.76 bits per heavy atom. The Morgan fingerprint density at radius 2 is 2.00 bits per heavy atom. The predicted octanol–water partition coefficient (Wildman–Crippen LogP) is 4.60. The van der Waals surface area contributed by atoms with Crippen LogP contribution in [0.25, 0.3) is 0 Å². The average molecular weight is 450 g/mol. The van der Waals surface area contributed by atoms with Gasteiger partial charge in [0.2, 0.25) is 0 Å². The maximum atomic E-state index is 13.7. The number of thiophene rings is 1. The number of aliphatic imine (C=N–C) groups is 1. The Hall–Kier alpha value is -4.02. The SMILES string of the molecule is N#CC1=C2N=C(N)c3ccccc3N2C2=C(C(=O)C[C@@H](c3cccs3)C2)[C@@H]1c1cccnc1. The summed E-state index contributed by atoms with van der Waals surface area (Å²) < 4.78 is 0. The van der Waals surface area contributed by atoms with E-state index in [0.717, 1.165) is 22.5 Å². The van der Waals surface area contributed by atoms with Crippen LogP contribution in [0, 0.1) is 11.3 Å². The number of rotatable bonds is 2. The van der Waals surface area contributed by atoms with Crippen LogP contribution in [0.3, 0.4) is 0 Å². The van der Waals surface area contributed by atoms with E-state index in [1.165, 1.54) is 4.88 Å². The van der Waals surface area contributed by atoms with E-state index in [-0.39, 0.29) is 11.7 Å². The number of aromatic nitrogens is 1. The number of carbonyl (C=O) groups is 1. The number of hydrogen-bond acceptors (Lipinski definition) is 7. The topological polar surface area (TPSA) is 95.4 Å². The largest absolute Gasteiger partial charge is 0.383 e. The van der Waals surface area contributed by atoms with Crippen molar-refractivity contribution < 1.29 is 4.79 Å². The third kappa shape index (κ3) is 2.95. The fourth-order valence-corrected chi connectivity index (χ4v) is 5.95. The second kappa shape index (κ2) is 7.54. The van der Waals surface area contributed by atoms with Gasteiger partial charge >= 0.3 is 0 Å². The third-order valence-electron chi connectivity index (χ3n) is 6.51. The molecule has 1 aromatic carbocycles. The first-order valence-corrected chi connectivity index (χ1v) is 11.6. The number of nitriles is 1. The van der Waals surface area contributed by atoms with E-state index >= 15 is 0 Å². The minimum atomic E-state index is -0.511. The summed E-state index contributed by atoms with van der Waals surface area (Å²) in [5.74, 6) is 0.515. The Balaban J connectivity index is 1.63. The highest BCUT2D eigenvalue weighted by molar-refractivity contribution is 7.10. The molecule has 1 aliphatic carbocycles. The van der Waals surface area contributed by atoms with Crippen LogP contribution in [0.4, 0.5) is 5.69 Å². The van der Waals surface area contributed by atoms with Crippen LogP contribution in [0.1, 0.15) is 40.7 Å². The molecule has 7 heteroatoms. The van der Waals surface area contributed by atoms with Crippen molar-refractivity contribution in [1.82, 2.24) is 4.98 Å². The maximum Gasteiger partial charge on any atom is 0.162 e. The number of anilines is 1. The predicted molar refractivity (Wildman–Crippen MR) is 128 cm³/mol. The highest BCUT2D eigenvalue weighted by Crippen LogP contribution is 2.51. The molecule has 3 aliphatic rings. The van der Waals surface area contributed by atoms with Crippen molar-refractivity contribution in [2.45, 2.75) is 24.7 Å². The van der Waals surface area contributed by atoms with Gasteiger partial charge in [0, 0.05) is 46.4 Å². The minimum Gasteiger partial charge on any atom is -0.383 e. The second-order valence-corrected chi connectivity index (χ2v) is 9.30. The van der Waals surface area contributed by atoms with E-state index < -0.39 is 5.92 Å². The van der Waals surface area contributed by atoms with Gasteiger partial charge in [0.1, 0.15) is 5.84 Å². The Kier molecular flexibility index (Phi) is 4.49. The van der Waals surface area contributed by atoms with Crippen LogP contribution in [-0.2, 0) is 4.79 Å². The number of Topliss-reactive ketones (excluding diaryl/α,β-unsaturated/α-hetero) is 1. The summed E-state index contributed by atoms with van der Waals surface area (Å²) in [5.41, 5.74) is 10.8. The van der Waals surface area contributed by atoms with Crippen molar-refractivity contribution in [3.05, 3.63) is 105 Å². The van der Waals surface area contributed by atoms with E-state index in [0.29, 0.717) is 35.6 Å². The zero-order valence-corrected chi connectivity index (χ0v) is 18.4. The van der Waals surface area contributed by atoms with Gasteiger partial charge < -0.3 is 5.73 Å². The van der Waals surface area contributed by atoms with Gasteiger partial charge in [0.15, 0.2) is 11.6 Å². The molecule has 6 nitrogen and oxygen atoms in total. The number of nitrogens with two attached hydrogens (primary N) is 1. The molecule has 0 radical (unpaired) electrons. The highest BCUT2D eigenvalue weighted by atomic mass is 32.1. The van der Waals surface area contributed by atoms with E-state index in [1.54, 1.807) is 23.7 Å². The highest BCUT2D eigenvalue weighted by Gasteiger charge is 2.45. The zero-order chi connectivity index (χ0) is 22.5. The van der Waals surface area contributed by atoms with Crippen LogP contribution in [0.2, 0.25) is 0 Å². The molecule has 0 saturated carbocycles. The minimum absolute atomic E-state index is 0.0651. The van der Waals surface area contributed by atoms with Gasteiger partial charge in [-0.15, -0.1) is 11.3 Å². The van der Waals surface area contributed by atoms with Gasteiger partial charge in [-0.2, -0.15) is 5.26 Å². The molecule has 4 heterocycles. The smallest absolute Gasteiger partial charge is 0.162 e. The quantitative estimate of drug-likeness (QED) is 0.617. The van der Waals surface area contributed by atoms with Gasteiger partial charge in [0.05, 0.1) is 23.2 Å². The molecule has 0 bridgehead atoms. The molecule has 33 heavy (non-hydrogen) atoms. The molecule has 0 unspecified atom stereocenters. The van der Waals surface area contributed by atoms with Crippen LogP contribution in [0.5, 0.6) is 0 Å². The Morgan fingerprint density at radius 1 is 1.12 bits per heavy atom. The summed E-state index contributed by atoms with van der Waals surface area (Å²) in [6, 6.07) is 18.0. The lowest BCUT2D eigenvalue weighted by molar-refractivity contribution is -0.116. The number of carbonyl (C=O) groups excluding carboxylic acids is 1. The van der Waals surface area contributed by atoms with Gasteiger partial charge in [-0.3, -0.25) is 14.7 Å². The van der Waals surface area contributed by atoms with Crippen molar-refractivity contribution in [2.24, 2.45) is 10.7 Å². The number of para-hydroxylation sites is 1. The molecule has 2 aliphatic heterocycles. The number of allylic oxidation sites excluding steroid dienone is 3. The van der Waals surface area contributed by atoms with E-state index in [4.69, 9.17) is 10.7 Å². The Labute approximate surface area is 195 Å². The molecule has 2 atom stereocenters. The van der Waals surface area contributed by atoms with Crippen LogP contribution < -0.4 is 10.6 Å². The number of hydrogen-bond donors (Lipinski definition) is 1. The zero-order valence-electron chi connectivity index (χ0n) is 17.6. The summed E-state index contributed by atoms with van der Waals surface area (Å²) in [6.45, 7) is 0. The fourth-order valence-electron chi connectivity index (χ4n) is 5.12. The molecule has 0 spiro atoms. The number of ketones is 1. The van der Waals surface area contributed by atoms with Crippen molar-refractivity contribution in [1.29, 1.82) is 5.26 Å². The van der Waals surface area contributed by atoms with Crippen LogP contribution in [0.15, 0.2) is 94.0 Å². The first-order chi connectivity index (χ1) is 16.2. The van der Waals surface area contributed by atoms with Gasteiger partial charge in [-0.1, -0.05) is 24.3 Å². The lowest BCUT2D eigenvalue weighted by atomic mass is 9.73. The molecule has 0 amide bonds. The molecular formula is C26H19N5OS. The Bertz CT molecular complexity index is 1410. The molecule has 2 N–H and O–H groups in total. The van der Waals surface area contributed by atoms with Gasteiger partial charge in [-0.25, -0.2) is 4.99 Å². The number of nitrogens with zero attached hydrogens (tertiary/aromatic N) is 4. The van der Waals surface area contributed by atoms with E-state index in [1.807, 2.05) is 52.7 Å².